The second-order valence-corrected chi connectivity index (χ2v) is 7.55. The van der Waals surface area contributed by atoms with E-state index in [0.29, 0.717) is 17.2 Å². The fourth-order valence-electron chi connectivity index (χ4n) is 4.21. The lowest BCUT2D eigenvalue weighted by Crippen LogP contribution is -2.33. The van der Waals surface area contributed by atoms with Gasteiger partial charge in [-0.05, 0) is 44.0 Å². The number of ether oxygens (including phenoxy) is 3. The van der Waals surface area contributed by atoms with Gasteiger partial charge in [-0.3, -0.25) is 10.00 Å². The van der Waals surface area contributed by atoms with Crippen molar-refractivity contribution in [2.75, 3.05) is 27.9 Å². The minimum atomic E-state index is 0.209. The maximum absolute atomic E-state index is 5.53. The lowest BCUT2D eigenvalue weighted by atomic mass is 9.95. The molecule has 8 nitrogen and oxygen atoms in total. The fourth-order valence-corrected chi connectivity index (χ4v) is 4.21. The summed E-state index contributed by atoms with van der Waals surface area (Å²) in [6.07, 6.45) is 5.20. The molecule has 1 N–H and O–H groups in total. The first-order chi connectivity index (χ1) is 14.6. The number of methoxy groups -OCH3 is 3. The van der Waals surface area contributed by atoms with Crippen LogP contribution < -0.4 is 14.2 Å². The van der Waals surface area contributed by atoms with Gasteiger partial charge < -0.3 is 18.7 Å². The number of H-pyrrole nitrogens is 1. The number of hydrogen-bond acceptors (Lipinski definition) is 7. The molecule has 2 aromatic heterocycles. The van der Waals surface area contributed by atoms with Crippen LogP contribution in [0, 0.1) is 6.92 Å². The fraction of sp³-hybridized carbons (Fsp3) is 0.455. The van der Waals surface area contributed by atoms with Crippen LogP contribution in [0.2, 0.25) is 0 Å². The van der Waals surface area contributed by atoms with Gasteiger partial charge in [0.25, 0.3) is 0 Å². The van der Waals surface area contributed by atoms with Gasteiger partial charge in [-0.2, -0.15) is 5.10 Å². The standard InChI is InChI=1S/C22H28N4O4/c1-14-9-18(30-25-14)16-12-23-24-21(16)17-7-5-6-8-26(17)13-15-10-19(27-2)22(29-4)20(11-15)28-3/h9-12,17H,5-8,13H2,1-4H3,(H,23,24)/t17-/m0/s1. The van der Waals surface area contributed by atoms with Crippen molar-refractivity contribution in [1.82, 2.24) is 20.3 Å². The summed E-state index contributed by atoms with van der Waals surface area (Å²) >= 11 is 0. The number of nitrogens with one attached hydrogen (secondary N) is 1. The van der Waals surface area contributed by atoms with E-state index < -0.39 is 0 Å². The van der Waals surface area contributed by atoms with Gasteiger partial charge in [0.1, 0.15) is 0 Å². The molecule has 0 radical (unpaired) electrons. The summed E-state index contributed by atoms with van der Waals surface area (Å²) in [7, 11) is 4.90. The summed E-state index contributed by atoms with van der Waals surface area (Å²) in [5, 5.41) is 11.5. The highest BCUT2D eigenvalue weighted by molar-refractivity contribution is 5.60. The van der Waals surface area contributed by atoms with Crippen LogP contribution in [-0.4, -0.2) is 48.1 Å². The topological polar surface area (TPSA) is 85.6 Å². The highest BCUT2D eigenvalue weighted by Crippen LogP contribution is 2.40. The summed E-state index contributed by atoms with van der Waals surface area (Å²) < 4.78 is 22.0. The van der Waals surface area contributed by atoms with Crippen LogP contribution in [-0.2, 0) is 6.54 Å². The zero-order valence-corrected chi connectivity index (χ0v) is 17.9. The van der Waals surface area contributed by atoms with Gasteiger partial charge in [0.15, 0.2) is 17.3 Å². The van der Waals surface area contributed by atoms with Gasteiger partial charge in [-0.15, -0.1) is 0 Å². The van der Waals surface area contributed by atoms with Gasteiger partial charge in [-0.25, -0.2) is 0 Å². The number of benzene rings is 1. The average Bonchev–Trinajstić information content (AvgIpc) is 3.42. The molecule has 160 valence electrons. The molecule has 0 amide bonds. The van der Waals surface area contributed by atoms with Gasteiger partial charge in [-0.1, -0.05) is 11.6 Å². The Morgan fingerprint density at radius 3 is 2.50 bits per heavy atom. The largest absolute Gasteiger partial charge is 0.493 e. The average molecular weight is 412 g/mol. The summed E-state index contributed by atoms with van der Waals surface area (Å²) in [5.41, 5.74) is 4.00. The zero-order chi connectivity index (χ0) is 21.1. The number of nitrogens with zero attached hydrogens (tertiary/aromatic N) is 3. The Kier molecular flexibility index (Phi) is 5.94. The van der Waals surface area contributed by atoms with Crippen molar-refractivity contribution < 1.29 is 18.7 Å². The van der Waals surface area contributed by atoms with Gasteiger partial charge in [0.2, 0.25) is 5.75 Å². The molecule has 1 aliphatic rings. The quantitative estimate of drug-likeness (QED) is 0.624. The van der Waals surface area contributed by atoms with Crippen LogP contribution in [0.1, 0.15) is 42.3 Å². The van der Waals surface area contributed by atoms with Gasteiger partial charge >= 0.3 is 0 Å². The van der Waals surface area contributed by atoms with Crippen LogP contribution in [0.3, 0.4) is 0 Å². The minimum absolute atomic E-state index is 0.209. The lowest BCUT2D eigenvalue weighted by molar-refractivity contribution is 0.137. The first-order valence-electron chi connectivity index (χ1n) is 10.1. The Bertz CT molecular complexity index is 972. The third kappa shape index (κ3) is 3.87. The summed E-state index contributed by atoms with van der Waals surface area (Å²) in [6, 6.07) is 6.18. The molecule has 3 heterocycles. The van der Waals surface area contributed by atoms with Crippen molar-refractivity contribution >= 4 is 0 Å². The number of likely N-dealkylation sites (tertiary alicyclic amines) is 1. The Morgan fingerprint density at radius 2 is 1.87 bits per heavy atom. The Morgan fingerprint density at radius 1 is 1.10 bits per heavy atom. The van der Waals surface area contributed by atoms with Crippen LogP contribution in [0.25, 0.3) is 11.3 Å². The molecule has 1 atom stereocenters. The molecule has 8 heteroatoms. The van der Waals surface area contributed by atoms with E-state index in [1.54, 1.807) is 21.3 Å². The van der Waals surface area contributed by atoms with Crippen molar-refractivity contribution in [3.63, 3.8) is 0 Å². The van der Waals surface area contributed by atoms with Crippen LogP contribution >= 0.6 is 0 Å². The molecule has 1 saturated heterocycles. The smallest absolute Gasteiger partial charge is 0.203 e. The summed E-state index contributed by atoms with van der Waals surface area (Å²) in [5.74, 6) is 2.68. The van der Waals surface area contributed by atoms with Crippen LogP contribution in [0.5, 0.6) is 17.2 Å². The van der Waals surface area contributed by atoms with Gasteiger partial charge in [0.05, 0.1) is 50.5 Å². The van der Waals surface area contributed by atoms with Gasteiger partial charge in [0, 0.05) is 12.6 Å². The third-order valence-corrected chi connectivity index (χ3v) is 5.62. The number of aromatic nitrogens is 3. The summed E-state index contributed by atoms with van der Waals surface area (Å²) in [4.78, 5) is 2.46. The first kappa shape index (κ1) is 20.3. The number of aromatic amines is 1. The number of rotatable bonds is 7. The van der Waals surface area contributed by atoms with Crippen molar-refractivity contribution in [3.05, 3.63) is 41.3 Å². The Balaban J connectivity index is 1.64. The molecule has 0 unspecified atom stereocenters. The maximum atomic E-state index is 5.53. The van der Waals surface area contributed by atoms with E-state index in [2.05, 4.69) is 20.3 Å². The third-order valence-electron chi connectivity index (χ3n) is 5.62. The SMILES string of the molecule is COc1cc(CN2CCCC[C@H]2c2[nH]ncc2-c2cc(C)no2)cc(OC)c1OC. The molecule has 0 spiro atoms. The zero-order valence-electron chi connectivity index (χ0n) is 17.9. The normalized spacial score (nSPS) is 17.1. The molecule has 0 aliphatic carbocycles. The number of aryl methyl sites for hydroxylation is 1. The van der Waals surface area contributed by atoms with Crippen LogP contribution in [0.15, 0.2) is 28.9 Å². The van der Waals surface area contributed by atoms with E-state index >= 15 is 0 Å². The molecule has 1 aromatic carbocycles. The second kappa shape index (κ2) is 8.79. The molecule has 3 aromatic rings. The highest BCUT2D eigenvalue weighted by Gasteiger charge is 2.29. The van der Waals surface area contributed by atoms with Crippen molar-refractivity contribution in [2.45, 2.75) is 38.8 Å². The first-order valence-corrected chi connectivity index (χ1v) is 10.1. The predicted octanol–water partition coefficient (Wildman–Crippen LogP) is 4.13. The van der Waals surface area contributed by atoms with Crippen molar-refractivity contribution in [2.24, 2.45) is 0 Å². The predicted molar refractivity (Wildman–Crippen MR) is 112 cm³/mol. The number of hydrogen-bond donors (Lipinski definition) is 1. The van der Waals surface area contributed by atoms with E-state index in [9.17, 15) is 0 Å². The number of piperidine rings is 1. The van der Waals surface area contributed by atoms with Crippen LogP contribution in [0.4, 0.5) is 0 Å². The van der Waals surface area contributed by atoms with E-state index in [0.717, 1.165) is 54.2 Å². The maximum Gasteiger partial charge on any atom is 0.203 e. The van der Waals surface area contributed by atoms with E-state index in [4.69, 9.17) is 18.7 Å². The molecular formula is C22H28N4O4. The Hall–Kier alpha value is -3.00. The van der Waals surface area contributed by atoms with Crippen molar-refractivity contribution in [3.8, 4) is 28.6 Å². The molecule has 1 aliphatic heterocycles. The van der Waals surface area contributed by atoms with E-state index in [1.807, 2.05) is 31.3 Å². The molecule has 0 saturated carbocycles. The lowest BCUT2D eigenvalue weighted by Gasteiger charge is -2.35. The highest BCUT2D eigenvalue weighted by atomic mass is 16.5. The van der Waals surface area contributed by atoms with Crippen molar-refractivity contribution in [1.29, 1.82) is 0 Å². The molecular weight excluding hydrogens is 384 g/mol. The molecule has 0 bridgehead atoms. The monoisotopic (exact) mass is 412 g/mol. The molecule has 4 rings (SSSR count). The second-order valence-electron chi connectivity index (χ2n) is 7.55. The molecule has 30 heavy (non-hydrogen) atoms. The Labute approximate surface area is 176 Å². The van der Waals surface area contributed by atoms with E-state index in [-0.39, 0.29) is 6.04 Å². The minimum Gasteiger partial charge on any atom is -0.493 e. The summed E-state index contributed by atoms with van der Waals surface area (Å²) in [6.45, 7) is 3.68. The van der Waals surface area contributed by atoms with E-state index in [1.165, 1.54) is 6.42 Å². The molecule has 1 fully saturated rings.